The van der Waals surface area contributed by atoms with E-state index in [1.54, 1.807) is 0 Å². The van der Waals surface area contributed by atoms with Gasteiger partial charge in [0.05, 0.1) is 20.9 Å². The van der Waals surface area contributed by atoms with Crippen molar-refractivity contribution in [1.82, 2.24) is 10.6 Å². The Morgan fingerprint density at radius 1 is 0.552 bits per heavy atom. The molecule has 4 amide bonds. The molecule has 0 radical (unpaired) electrons. The van der Waals surface area contributed by atoms with E-state index in [4.69, 9.17) is 0 Å². The lowest BCUT2D eigenvalue weighted by molar-refractivity contribution is -0.124. The van der Waals surface area contributed by atoms with Gasteiger partial charge in [-0.05, 0) is 35.4 Å². The van der Waals surface area contributed by atoms with Gasteiger partial charge in [0.15, 0.2) is 0 Å². The van der Waals surface area contributed by atoms with Gasteiger partial charge in [0.2, 0.25) is 9.84 Å². The zero-order valence-electron chi connectivity index (χ0n) is 14.6. The summed E-state index contributed by atoms with van der Waals surface area (Å²) in [4.78, 5) is 45.9. The third-order valence-electron chi connectivity index (χ3n) is 4.46. The first-order chi connectivity index (χ1) is 13.8. The fourth-order valence-corrected chi connectivity index (χ4v) is 4.28. The minimum Gasteiger partial charge on any atom is -0.289 e. The molecule has 0 saturated carbocycles. The average molecular weight is 408 g/mol. The SMILES string of the molecule is O=C1C=C(c2ccc(S(=O)(=O)c3ccc(C4=CC(=O)NC4=O)cc3)cc2)C(=O)N1. The second-order valence-corrected chi connectivity index (χ2v) is 8.25. The van der Waals surface area contributed by atoms with Crippen LogP contribution < -0.4 is 10.6 Å². The summed E-state index contributed by atoms with van der Waals surface area (Å²) in [6.07, 6.45) is 2.31. The van der Waals surface area contributed by atoms with Crippen LogP contribution in [0.1, 0.15) is 11.1 Å². The van der Waals surface area contributed by atoms with E-state index in [-0.39, 0.29) is 20.9 Å². The van der Waals surface area contributed by atoms with Gasteiger partial charge in [0, 0.05) is 12.2 Å². The molecule has 2 heterocycles. The van der Waals surface area contributed by atoms with Gasteiger partial charge in [0.1, 0.15) is 0 Å². The molecule has 29 heavy (non-hydrogen) atoms. The lowest BCUT2D eigenvalue weighted by atomic mass is 10.1. The molecule has 0 atom stereocenters. The van der Waals surface area contributed by atoms with Gasteiger partial charge < -0.3 is 0 Å². The molecule has 8 nitrogen and oxygen atoms in total. The first-order valence-electron chi connectivity index (χ1n) is 8.36. The van der Waals surface area contributed by atoms with Crippen molar-refractivity contribution in [2.45, 2.75) is 9.79 Å². The highest BCUT2D eigenvalue weighted by atomic mass is 32.2. The predicted molar refractivity (Wildman–Crippen MR) is 101 cm³/mol. The van der Waals surface area contributed by atoms with Crippen molar-refractivity contribution in [3.8, 4) is 0 Å². The van der Waals surface area contributed by atoms with Gasteiger partial charge in [-0.3, -0.25) is 29.8 Å². The smallest absolute Gasteiger partial charge is 0.258 e. The molecule has 2 aliphatic rings. The zero-order valence-corrected chi connectivity index (χ0v) is 15.4. The Morgan fingerprint density at radius 3 is 1.17 bits per heavy atom. The van der Waals surface area contributed by atoms with Crippen molar-refractivity contribution in [1.29, 1.82) is 0 Å². The average Bonchev–Trinajstić information content (AvgIpc) is 3.22. The Morgan fingerprint density at radius 2 is 0.897 bits per heavy atom. The highest BCUT2D eigenvalue weighted by Gasteiger charge is 2.25. The summed E-state index contributed by atoms with van der Waals surface area (Å²) >= 11 is 0. The molecule has 0 spiro atoms. The van der Waals surface area contributed by atoms with E-state index in [0.29, 0.717) is 11.1 Å². The van der Waals surface area contributed by atoms with E-state index < -0.39 is 33.5 Å². The van der Waals surface area contributed by atoms with Gasteiger partial charge in [-0.2, -0.15) is 0 Å². The van der Waals surface area contributed by atoms with Crippen LogP contribution >= 0.6 is 0 Å². The molecule has 0 bridgehead atoms. The fraction of sp³-hybridized carbons (Fsp3) is 0. The maximum atomic E-state index is 12.8. The molecule has 144 valence electrons. The normalized spacial score (nSPS) is 16.4. The van der Waals surface area contributed by atoms with Crippen molar-refractivity contribution >= 4 is 44.6 Å². The molecule has 2 N–H and O–H groups in total. The van der Waals surface area contributed by atoms with Crippen molar-refractivity contribution in [3.63, 3.8) is 0 Å². The van der Waals surface area contributed by atoms with Crippen LogP contribution in [0, 0.1) is 0 Å². The summed E-state index contributed by atoms with van der Waals surface area (Å²) in [5, 5.41) is 4.26. The van der Waals surface area contributed by atoms with Crippen LogP contribution in [0.2, 0.25) is 0 Å². The topological polar surface area (TPSA) is 126 Å². The van der Waals surface area contributed by atoms with Crippen LogP contribution in [-0.4, -0.2) is 32.0 Å². The minimum absolute atomic E-state index is 0.00679. The molecular weight excluding hydrogens is 396 g/mol. The van der Waals surface area contributed by atoms with Gasteiger partial charge in [-0.25, -0.2) is 8.42 Å². The van der Waals surface area contributed by atoms with Crippen LogP contribution in [0.3, 0.4) is 0 Å². The second kappa shape index (κ2) is 6.64. The fourth-order valence-electron chi connectivity index (χ4n) is 3.02. The van der Waals surface area contributed by atoms with Crippen LogP contribution in [-0.2, 0) is 29.0 Å². The third-order valence-corrected chi connectivity index (χ3v) is 6.25. The number of carbonyl (C=O) groups excluding carboxylic acids is 4. The van der Waals surface area contributed by atoms with Gasteiger partial charge in [-0.15, -0.1) is 0 Å². The number of imide groups is 2. The Bertz CT molecular complexity index is 1160. The van der Waals surface area contributed by atoms with E-state index in [1.165, 1.54) is 48.5 Å². The second-order valence-electron chi connectivity index (χ2n) is 6.30. The standard InChI is InChI=1S/C20H12N2O6S/c23-17-9-15(19(25)21-17)11-1-5-13(6-2-11)29(27,28)14-7-3-12(4-8-14)16-10-18(24)22-20(16)26/h1-10H,(H,21,23,25)(H,22,24,26). The van der Waals surface area contributed by atoms with Gasteiger partial charge in [0.25, 0.3) is 23.6 Å². The highest BCUT2D eigenvalue weighted by molar-refractivity contribution is 7.91. The number of carbonyl (C=O) groups is 4. The van der Waals surface area contributed by atoms with Crippen molar-refractivity contribution in [3.05, 3.63) is 71.8 Å². The molecule has 4 rings (SSSR count). The zero-order chi connectivity index (χ0) is 20.8. The molecule has 2 aromatic carbocycles. The van der Waals surface area contributed by atoms with Crippen molar-refractivity contribution in [2.75, 3.05) is 0 Å². The molecule has 0 saturated heterocycles. The summed E-state index contributed by atoms with van der Waals surface area (Å²) in [6.45, 7) is 0. The highest BCUT2D eigenvalue weighted by Crippen LogP contribution is 2.26. The van der Waals surface area contributed by atoms with E-state index in [0.717, 1.165) is 12.2 Å². The quantitative estimate of drug-likeness (QED) is 0.714. The summed E-state index contributed by atoms with van der Waals surface area (Å²) in [7, 11) is -3.84. The molecule has 2 aromatic rings. The van der Waals surface area contributed by atoms with Crippen molar-refractivity contribution < 1.29 is 27.6 Å². The lowest BCUT2D eigenvalue weighted by Crippen LogP contribution is -2.21. The number of benzene rings is 2. The molecule has 0 unspecified atom stereocenters. The third kappa shape index (κ3) is 3.27. The Labute approximate surface area is 164 Å². The summed E-state index contributed by atoms with van der Waals surface area (Å²) in [5.41, 5.74) is 1.18. The van der Waals surface area contributed by atoms with Crippen LogP contribution in [0.5, 0.6) is 0 Å². The van der Waals surface area contributed by atoms with E-state index in [1.807, 2.05) is 0 Å². The number of rotatable bonds is 4. The minimum atomic E-state index is -3.84. The van der Waals surface area contributed by atoms with Gasteiger partial charge >= 0.3 is 0 Å². The Hall–Kier alpha value is -3.85. The number of nitrogens with one attached hydrogen (secondary N) is 2. The number of sulfone groups is 1. The number of hydrogen-bond donors (Lipinski definition) is 2. The maximum Gasteiger partial charge on any atom is 0.258 e. The van der Waals surface area contributed by atoms with E-state index in [2.05, 4.69) is 10.6 Å². The van der Waals surface area contributed by atoms with Gasteiger partial charge in [-0.1, -0.05) is 24.3 Å². The molecule has 2 aliphatic heterocycles. The first kappa shape index (κ1) is 18.5. The maximum absolute atomic E-state index is 12.8. The Balaban J connectivity index is 1.62. The number of hydrogen-bond acceptors (Lipinski definition) is 6. The molecular formula is C20H12N2O6S. The van der Waals surface area contributed by atoms with E-state index in [9.17, 15) is 27.6 Å². The molecule has 0 aliphatic carbocycles. The van der Waals surface area contributed by atoms with Crippen LogP contribution in [0.25, 0.3) is 11.1 Å². The predicted octanol–water partition coefficient (Wildman–Crippen LogP) is 0.599. The lowest BCUT2D eigenvalue weighted by Gasteiger charge is -2.07. The number of amides is 4. The molecule has 0 fully saturated rings. The van der Waals surface area contributed by atoms with E-state index >= 15 is 0 Å². The summed E-state index contributed by atoms with van der Waals surface area (Å²) in [5.74, 6) is -2.11. The molecule has 9 heteroatoms. The monoisotopic (exact) mass is 408 g/mol. The first-order valence-corrected chi connectivity index (χ1v) is 9.84. The summed E-state index contributed by atoms with van der Waals surface area (Å²) < 4.78 is 25.7. The van der Waals surface area contributed by atoms with Crippen LogP contribution in [0.15, 0.2) is 70.5 Å². The van der Waals surface area contributed by atoms with Crippen LogP contribution in [0.4, 0.5) is 0 Å². The molecule has 0 aromatic heterocycles. The summed E-state index contributed by atoms with van der Waals surface area (Å²) in [6, 6.07) is 11.2. The van der Waals surface area contributed by atoms with Crippen molar-refractivity contribution in [2.24, 2.45) is 0 Å². The Kier molecular flexibility index (Phi) is 4.24. The largest absolute Gasteiger partial charge is 0.289 e.